The van der Waals surface area contributed by atoms with Crippen LogP contribution in [0.3, 0.4) is 0 Å². The molecule has 29 heavy (non-hydrogen) atoms. The van der Waals surface area contributed by atoms with E-state index in [9.17, 15) is 14.4 Å². The molecule has 1 heterocycles. The van der Waals surface area contributed by atoms with Crippen molar-refractivity contribution in [2.75, 3.05) is 6.54 Å². The van der Waals surface area contributed by atoms with E-state index >= 15 is 0 Å². The zero-order valence-corrected chi connectivity index (χ0v) is 16.8. The minimum Gasteiger partial charge on any atom is -0.445 e. The van der Waals surface area contributed by atoms with E-state index in [2.05, 4.69) is 5.32 Å². The van der Waals surface area contributed by atoms with Gasteiger partial charge in [-0.2, -0.15) is 0 Å². The third-order valence-corrected chi connectivity index (χ3v) is 5.20. The monoisotopic (exact) mass is 394 g/mol. The number of ether oxygens (including phenoxy) is 1. The number of carbonyl (C=O) groups is 3. The number of carbonyl (C=O) groups excluding carboxylic acids is 3. The summed E-state index contributed by atoms with van der Waals surface area (Å²) in [7, 11) is 0. The van der Waals surface area contributed by atoms with Crippen molar-refractivity contribution in [3.8, 4) is 0 Å². The lowest BCUT2D eigenvalue weighted by Crippen LogP contribution is -2.49. The van der Waals surface area contributed by atoms with Gasteiger partial charge in [0.1, 0.15) is 6.61 Å². The summed E-state index contributed by atoms with van der Waals surface area (Å²) in [6, 6.07) is 16.0. The zero-order valence-electron chi connectivity index (χ0n) is 16.8. The number of benzene rings is 2. The van der Waals surface area contributed by atoms with E-state index in [1.165, 1.54) is 0 Å². The molecule has 1 saturated heterocycles. The van der Waals surface area contributed by atoms with Crippen molar-refractivity contribution < 1.29 is 19.1 Å². The van der Waals surface area contributed by atoms with Gasteiger partial charge in [-0.25, -0.2) is 4.79 Å². The molecule has 0 saturated carbocycles. The molecule has 1 fully saturated rings. The third kappa shape index (κ3) is 5.02. The van der Waals surface area contributed by atoms with Gasteiger partial charge < -0.3 is 15.0 Å². The normalized spacial score (nSPS) is 17.1. The molecule has 2 aromatic rings. The van der Waals surface area contributed by atoms with Crippen LogP contribution >= 0.6 is 0 Å². The molecule has 152 valence electrons. The summed E-state index contributed by atoms with van der Waals surface area (Å²) in [4.78, 5) is 39.1. The fourth-order valence-corrected chi connectivity index (χ4v) is 3.64. The van der Waals surface area contributed by atoms with Crippen LogP contribution in [0.25, 0.3) is 0 Å². The first-order valence-corrected chi connectivity index (χ1v) is 9.83. The van der Waals surface area contributed by atoms with Gasteiger partial charge in [-0.3, -0.25) is 9.59 Å². The summed E-state index contributed by atoms with van der Waals surface area (Å²) in [5.74, 6) is -0.114. The Kier molecular flexibility index (Phi) is 6.65. The zero-order chi connectivity index (χ0) is 20.8. The smallest absolute Gasteiger partial charge is 0.407 e. The van der Waals surface area contributed by atoms with Crippen molar-refractivity contribution >= 4 is 17.8 Å². The number of amides is 2. The van der Waals surface area contributed by atoms with E-state index in [4.69, 9.17) is 4.74 Å². The summed E-state index contributed by atoms with van der Waals surface area (Å²) in [6.45, 7) is 4.12. The second-order valence-corrected chi connectivity index (χ2v) is 7.33. The van der Waals surface area contributed by atoms with Crippen LogP contribution in [-0.2, 0) is 16.1 Å². The molecule has 6 heteroatoms. The second kappa shape index (κ2) is 9.37. The molecular formula is C23H26N2O4. The number of Topliss-reactive ketones (excluding diaryl/α,β-unsaturated/α-hetero) is 1. The Labute approximate surface area is 170 Å². The standard InChI is InChI=1S/C23H26N2O4/c1-16-8-6-7-11-19(16)22(27)20-12-13-21(26)25(20)17(2)14-24-23(28)29-15-18-9-4-3-5-10-18/h3-11,17,20H,12-15H2,1-2H3,(H,24,28). The van der Waals surface area contributed by atoms with Gasteiger partial charge in [0.2, 0.25) is 5.91 Å². The van der Waals surface area contributed by atoms with Crippen molar-refractivity contribution in [1.82, 2.24) is 10.2 Å². The van der Waals surface area contributed by atoms with Crippen LogP contribution < -0.4 is 5.32 Å². The first kappa shape index (κ1) is 20.6. The molecule has 0 bridgehead atoms. The van der Waals surface area contributed by atoms with Gasteiger partial charge in [0, 0.05) is 24.6 Å². The topological polar surface area (TPSA) is 75.7 Å². The van der Waals surface area contributed by atoms with Gasteiger partial charge in [-0.1, -0.05) is 54.6 Å². The van der Waals surface area contributed by atoms with Crippen LogP contribution in [0.2, 0.25) is 0 Å². The Morgan fingerprint density at radius 1 is 1.14 bits per heavy atom. The Morgan fingerprint density at radius 2 is 1.83 bits per heavy atom. The Hall–Kier alpha value is -3.15. The average molecular weight is 394 g/mol. The van der Waals surface area contributed by atoms with E-state index < -0.39 is 12.1 Å². The first-order chi connectivity index (χ1) is 14.0. The van der Waals surface area contributed by atoms with Crippen LogP contribution in [0.4, 0.5) is 4.79 Å². The average Bonchev–Trinajstić information content (AvgIpc) is 3.12. The highest BCUT2D eigenvalue weighted by molar-refractivity contribution is 6.04. The highest BCUT2D eigenvalue weighted by atomic mass is 16.5. The number of ketones is 1. The van der Waals surface area contributed by atoms with E-state index in [1.807, 2.05) is 62.4 Å². The molecule has 0 spiro atoms. The lowest BCUT2D eigenvalue weighted by Gasteiger charge is -2.30. The van der Waals surface area contributed by atoms with Crippen LogP contribution in [0.15, 0.2) is 54.6 Å². The lowest BCUT2D eigenvalue weighted by molar-refractivity contribution is -0.130. The minimum absolute atomic E-state index is 0.0487. The van der Waals surface area contributed by atoms with E-state index in [0.717, 1.165) is 11.1 Å². The summed E-state index contributed by atoms with van der Waals surface area (Å²) in [5, 5.41) is 2.69. The molecule has 0 aromatic heterocycles. The molecule has 2 amide bonds. The van der Waals surface area contributed by atoms with Crippen molar-refractivity contribution in [3.05, 3.63) is 71.3 Å². The molecule has 1 aliphatic heterocycles. The lowest BCUT2D eigenvalue weighted by atomic mass is 9.97. The van der Waals surface area contributed by atoms with E-state index in [0.29, 0.717) is 18.4 Å². The molecule has 2 atom stereocenters. The number of likely N-dealkylation sites (tertiary alicyclic amines) is 1. The van der Waals surface area contributed by atoms with Crippen molar-refractivity contribution in [2.24, 2.45) is 0 Å². The van der Waals surface area contributed by atoms with Crippen LogP contribution in [-0.4, -0.2) is 41.3 Å². The maximum absolute atomic E-state index is 13.0. The molecule has 6 nitrogen and oxygen atoms in total. The fourth-order valence-electron chi connectivity index (χ4n) is 3.64. The SMILES string of the molecule is Cc1ccccc1C(=O)C1CCC(=O)N1C(C)CNC(=O)OCc1ccccc1. The quantitative estimate of drug-likeness (QED) is 0.730. The molecule has 2 unspecified atom stereocenters. The number of nitrogens with one attached hydrogen (secondary N) is 1. The minimum atomic E-state index is -0.547. The molecule has 0 radical (unpaired) electrons. The fraction of sp³-hybridized carbons (Fsp3) is 0.348. The van der Waals surface area contributed by atoms with Gasteiger partial charge in [0.15, 0.2) is 5.78 Å². The van der Waals surface area contributed by atoms with Gasteiger partial charge in [-0.05, 0) is 31.4 Å². The predicted octanol–water partition coefficient (Wildman–Crippen LogP) is 3.48. The molecule has 2 aromatic carbocycles. The number of hydrogen-bond acceptors (Lipinski definition) is 4. The van der Waals surface area contributed by atoms with Gasteiger partial charge in [0.05, 0.1) is 6.04 Å². The summed E-state index contributed by atoms with van der Waals surface area (Å²) < 4.78 is 5.21. The Bertz CT molecular complexity index is 881. The van der Waals surface area contributed by atoms with Crippen LogP contribution in [0.1, 0.15) is 41.3 Å². The number of nitrogens with zero attached hydrogens (tertiary/aromatic N) is 1. The molecule has 1 N–H and O–H groups in total. The molecule has 0 aliphatic carbocycles. The van der Waals surface area contributed by atoms with E-state index in [-0.39, 0.29) is 30.9 Å². The molecule has 3 rings (SSSR count). The predicted molar refractivity (Wildman–Crippen MR) is 109 cm³/mol. The number of rotatable bonds is 7. The number of alkyl carbamates (subject to hydrolysis) is 1. The Balaban J connectivity index is 1.57. The third-order valence-electron chi connectivity index (χ3n) is 5.20. The maximum Gasteiger partial charge on any atom is 0.407 e. The Morgan fingerprint density at radius 3 is 2.55 bits per heavy atom. The summed E-state index contributed by atoms with van der Waals surface area (Å²) >= 11 is 0. The maximum atomic E-state index is 13.0. The van der Waals surface area contributed by atoms with Crippen molar-refractivity contribution in [1.29, 1.82) is 0 Å². The van der Waals surface area contributed by atoms with Gasteiger partial charge in [-0.15, -0.1) is 0 Å². The summed E-state index contributed by atoms with van der Waals surface area (Å²) in [5.41, 5.74) is 2.43. The van der Waals surface area contributed by atoms with Gasteiger partial charge >= 0.3 is 6.09 Å². The number of hydrogen-bond donors (Lipinski definition) is 1. The highest BCUT2D eigenvalue weighted by Gasteiger charge is 2.39. The number of aryl methyl sites for hydroxylation is 1. The van der Waals surface area contributed by atoms with Crippen LogP contribution in [0, 0.1) is 6.92 Å². The van der Waals surface area contributed by atoms with Gasteiger partial charge in [0.25, 0.3) is 0 Å². The molecular weight excluding hydrogens is 368 g/mol. The molecule has 1 aliphatic rings. The van der Waals surface area contributed by atoms with Crippen LogP contribution in [0.5, 0.6) is 0 Å². The second-order valence-electron chi connectivity index (χ2n) is 7.33. The van der Waals surface area contributed by atoms with E-state index in [1.54, 1.807) is 11.0 Å². The van der Waals surface area contributed by atoms with Crippen molar-refractivity contribution in [3.63, 3.8) is 0 Å². The highest BCUT2D eigenvalue weighted by Crippen LogP contribution is 2.25. The summed E-state index contributed by atoms with van der Waals surface area (Å²) in [6.07, 6.45) is 0.286. The van der Waals surface area contributed by atoms with Crippen molar-refractivity contribution in [2.45, 2.75) is 45.4 Å². The largest absolute Gasteiger partial charge is 0.445 e. The first-order valence-electron chi connectivity index (χ1n) is 9.83.